The second-order valence-electron chi connectivity index (χ2n) is 5.43. The molecule has 1 aliphatic rings. The number of carbonyl (C=O) groups is 1. The molecule has 3 rings (SSSR count). The van der Waals surface area contributed by atoms with Crippen molar-refractivity contribution < 1.29 is 14.3 Å². The lowest BCUT2D eigenvalue weighted by Gasteiger charge is -2.11. The van der Waals surface area contributed by atoms with E-state index < -0.39 is 0 Å². The van der Waals surface area contributed by atoms with Crippen molar-refractivity contribution >= 4 is 23.2 Å². The van der Waals surface area contributed by atoms with Gasteiger partial charge < -0.3 is 14.8 Å². The van der Waals surface area contributed by atoms with E-state index in [9.17, 15) is 4.79 Å². The first-order valence-electron chi connectivity index (χ1n) is 7.62. The Hall–Kier alpha value is -2.04. The van der Waals surface area contributed by atoms with Crippen molar-refractivity contribution in [1.29, 1.82) is 0 Å². The van der Waals surface area contributed by atoms with Crippen molar-refractivity contribution in [2.24, 2.45) is 0 Å². The van der Waals surface area contributed by atoms with Gasteiger partial charge in [-0.3, -0.25) is 4.79 Å². The van der Waals surface area contributed by atoms with E-state index in [1.807, 2.05) is 0 Å². The number of halogens is 1. The SMILES string of the molecule is O=C(Nc1ccc(Cl)cc1)c1ccc(OC[C@@H]2CCCO2)cc1. The summed E-state index contributed by atoms with van der Waals surface area (Å²) in [6.07, 6.45) is 2.32. The Bertz CT molecular complexity index is 649. The summed E-state index contributed by atoms with van der Waals surface area (Å²) in [6.45, 7) is 1.37. The molecule has 0 unspecified atom stereocenters. The largest absolute Gasteiger partial charge is 0.491 e. The van der Waals surface area contributed by atoms with Crippen LogP contribution >= 0.6 is 11.6 Å². The maximum Gasteiger partial charge on any atom is 0.255 e. The monoisotopic (exact) mass is 331 g/mol. The molecule has 2 aromatic carbocycles. The van der Waals surface area contributed by atoms with Crippen LogP contribution in [0.5, 0.6) is 5.75 Å². The third-order valence-corrected chi connectivity index (χ3v) is 3.93. The number of hydrogen-bond acceptors (Lipinski definition) is 3. The van der Waals surface area contributed by atoms with Crippen LogP contribution in [0.15, 0.2) is 48.5 Å². The van der Waals surface area contributed by atoms with Crippen LogP contribution < -0.4 is 10.1 Å². The van der Waals surface area contributed by atoms with Gasteiger partial charge in [0.1, 0.15) is 12.4 Å². The first-order chi connectivity index (χ1) is 11.2. The molecule has 1 saturated heterocycles. The first-order valence-corrected chi connectivity index (χ1v) is 8.00. The standard InChI is InChI=1S/C18H18ClNO3/c19-14-5-7-15(8-6-14)20-18(21)13-3-9-16(10-4-13)23-12-17-2-1-11-22-17/h3-10,17H,1-2,11-12H2,(H,20,21)/t17-/m0/s1. The van der Waals surface area contributed by atoms with E-state index in [1.54, 1.807) is 48.5 Å². The number of rotatable bonds is 5. The molecule has 0 aromatic heterocycles. The lowest BCUT2D eigenvalue weighted by molar-refractivity contribution is 0.0679. The van der Waals surface area contributed by atoms with Crippen LogP contribution in [0.4, 0.5) is 5.69 Å². The summed E-state index contributed by atoms with van der Waals surface area (Å²) in [4.78, 5) is 12.2. The van der Waals surface area contributed by atoms with Crippen molar-refractivity contribution in [3.63, 3.8) is 0 Å². The fourth-order valence-corrected chi connectivity index (χ4v) is 2.53. The van der Waals surface area contributed by atoms with Gasteiger partial charge in [0.25, 0.3) is 5.91 Å². The van der Waals surface area contributed by atoms with E-state index in [0.717, 1.165) is 25.2 Å². The van der Waals surface area contributed by atoms with Crippen LogP contribution in [0.3, 0.4) is 0 Å². The number of hydrogen-bond donors (Lipinski definition) is 1. The molecule has 0 bridgehead atoms. The minimum absolute atomic E-state index is 0.169. The average Bonchev–Trinajstić information content (AvgIpc) is 3.09. The summed E-state index contributed by atoms with van der Waals surface area (Å²) >= 11 is 5.82. The van der Waals surface area contributed by atoms with Gasteiger partial charge in [-0.2, -0.15) is 0 Å². The van der Waals surface area contributed by atoms with Gasteiger partial charge in [-0.05, 0) is 61.4 Å². The average molecular weight is 332 g/mol. The lowest BCUT2D eigenvalue weighted by Crippen LogP contribution is -2.16. The second-order valence-corrected chi connectivity index (χ2v) is 5.87. The number of anilines is 1. The highest BCUT2D eigenvalue weighted by Crippen LogP contribution is 2.18. The Balaban J connectivity index is 1.55. The summed E-state index contributed by atoms with van der Waals surface area (Å²) in [5, 5.41) is 3.46. The molecule has 1 N–H and O–H groups in total. The summed E-state index contributed by atoms with van der Waals surface area (Å²) in [5.74, 6) is 0.571. The van der Waals surface area contributed by atoms with Gasteiger partial charge in [0.15, 0.2) is 0 Å². The Labute approximate surface area is 140 Å². The molecule has 0 aliphatic carbocycles. The van der Waals surface area contributed by atoms with Crippen molar-refractivity contribution in [3.05, 3.63) is 59.1 Å². The zero-order chi connectivity index (χ0) is 16.1. The fraction of sp³-hybridized carbons (Fsp3) is 0.278. The molecule has 0 spiro atoms. The number of ether oxygens (including phenoxy) is 2. The van der Waals surface area contributed by atoms with E-state index >= 15 is 0 Å². The van der Waals surface area contributed by atoms with Crippen LogP contribution in [0.25, 0.3) is 0 Å². The topological polar surface area (TPSA) is 47.6 Å². The highest BCUT2D eigenvalue weighted by Gasteiger charge is 2.16. The second kappa shape index (κ2) is 7.49. The molecule has 0 saturated carbocycles. The molecular formula is C18H18ClNO3. The van der Waals surface area contributed by atoms with Crippen molar-refractivity contribution in [3.8, 4) is 5.75 Å². The normalized spacial score (nSPS) is 17.0. The van der Waals surface area contributed by atoms with Gasteiger partial charge in [-0.25, -0.2) is 0 Å². The Kier molecular flexibility index (Phi) is 5.16. The van der Waals surface area contributed by atoms with Gasteiger partial charge in [0.2, 0.25) is 0 Å². The zero-order valence-corrected chi connectivity index (χ0v) is 13.4. The molecule has 120 valence electrons. The molecule has 1 fully saturated rings. The molecule has 5 heteroatoms. The van der Waals surface area contributed by atoms with Crippen molar-refractivity contribution in [2.75, 3.05) is 18.5 Å². The predicted molar refractivity (Wildman–Crippen MR) is 90.3 cm³/mol. The maximum atomic E-state index is 12.2. The summed E-state index contributed by atoms with van der Waals surface area (Å²) in [6, 6.07) is 14.1. The van der Waals surface area contributed by atoms with Gasteiger partial charge in [-0.1, -0.05) is 11.6 Å². The van der Waals surface area contributed by atoms with E-state index in [-0.39, 0.29) is 12.0 Å². The minimum atomic E-state index is -0.169. The summed E-state index contributed by atoms with van der Waals surface area (Å²) in [7, 11) is 0. The molecular weight excluding hydrogens is 314 g/mol. The molecule has 0 radical (unpaired) electrons. The highest BCUT2D eigenvalue weighted by molar-refractivity contribution is 6.30. The zero-order valence-electron chi connectivity index (χ0n) is 12.6. The van der Waals surface area contributed by atoms with Crippen LogP contribution in [-0.2, 0) is 4.74 Å². The Morgan fingerprint density at radius 1 is 1.17 bits per heavy atom. The smallest absolute Gasteiger partial charge is 0.255 e. The molecule has 4 nitrogen and oxygen atoms in total. The third kappa shape index (κ3) is 4.47. The number of benzene rings is 2. The molecule has 1 aliphatic heterocycles. The molecule has 1 atom stereocenters. The van der Waals surface area contributed by atoms with E-state index in [0.29, 0.717) is 22.9 Å². The van der Waals surface area contributed by atoms with Crippen LogP contribution in [0.1, 0.15) is 23.2 Å². The fourth-order valence-electron chi connectivity index (χ4n) is 2.40. The van der Waals surface area contributed by atoms with E-state index in [2.05, 4.69) is 5.32 Å². The Morgan fingerprint density at radius 2 is 1.91 bits per heavy atom. The predicted octanol–water partition coefficient (Wildman–Crippen LogP) is 4.15. The van der Waals surface area contributed by atoms with Gasteiger partial charge in [-0.15, -0.1) is 0 Å². The van der Waals surface area contributed by atoms with Gasteiger partial charge >= 0.3 is 0 Å². The van der Waals surface area contributed by atoms with E-state index in [4.69, 9.17) is 21.1 Å². The molecule has 1 heterocycles. The van der Waals surface area contributed by atoms with Crippen LogP contribution in [0.2, 0.25) is 5.02 Å². The van der Waals surface area contributed by atoms with Gasteiger partial charge in [0.05, 0.1) is 6.10 Å². The molecule has 23 heavy (non-hydrogen) atoms. The molecule has 1 amide bonds. The van der Waals surface area contributed by atoms with Crippen LogP contribution in [0, 0.1) is 0 Å². The number of amides is 1. The third-order valence-electron chi connectivity index (χ3n) is 3.68. The summed E-state index contributed by atoms with van der Waals surface area (Å²) in [5.41, 5.74) is 1.28. The van der Waals surface area contributed by atoms with Gasteiger partial charge in [0, 0.05) is 22.9 Å². The summed E-state index contributed by atoms with van der Waals surface area (Å²) < 4.78 is 11.2. The minimum Gasteiger partial charge on any atom is -0.491 e. The quantitative estimate of drug-likeness (QED) is 0.895. The molecule has 2 aromatic rings. The Morgan fingerprint density at radius 3 is 2.57 bits per heavy atom. The number of nitrogens with one attached hydrogen (secondary N) is 1. The van der Waals surface area contributed by atoms with E-state index in [1.165, 1.54) is 0 Å². The highest BCUT2D eigenvalue weighted by atomic mass is 35.5. The maximum absolute atomic E-state index is 12.2. The van der Waals surface area contributed by atoms with Crippen molar-refractivity contribution in [1.82, 2.24) is 0 Å². The first kappa shape index (κ1) is 15.8. The number of carbonyl (C=O) groups excluding carboxylic acids is 1. The van der Waals surface area contributed by atoms with Crippen LogP contribution in [-0.4, -0.2) is 25.2 Å². The lowest BCUT2D eigenvalue weighted by atomic mass is 10.2. The van der Waals surface area contributed by atoms with Crippen molar-refractivity contribution in [2.45, 2.75) is 18.9 Å².